The SMILES string of the molecule is O=C(O)[C@H]1CCCN1C(=O)Cc1c(F)cccc1-c1ccccc1. The lowest BCUT2D eigenvalue weighted by atomic mass is 9.96. The number of rotatable bonds is 4. The number of nitrogens with zero attached hydrogens (tertiary/aromatic N) is 1. The van der Waals surface area contributed by atoms with Gasteiger partial charge in [-0.3, -0.25) is 4.79 Å². The number of hydrogen-bond acceptors (Lipinski definition) is 2. The highest BCUT2D eigenvalue weighted by Crippen LogP contribution is 2.27. The molecule has 0 unspecified atom stereocenters. The number of carbonyl (C=O) groups excluding carboxylic acids is 1. The van der Waals surface area contributed by atoms with Gasteiger partial charge in [-0.2, -0.15) is 0 Å². The summed E-state index contributed by atoms with van der Waals surface area (Å²) in [6, 6.07) is 13.2. The van der Waals surface area contributed by atoms with Gasteiger partial charge in [-0.05, 0) is 30.0 Å². The van der Waals surface area contributed by atoms with Gasteiger partial charge in [0.2, 0.25) is 5.91 Å². The van der Waals surface area contributed by atoms with E-state index in [0.717, 1.165) is 5.56 Å². The van der Waals surface area contributed by atoms with Gasteiger partial charge in [0.1, 0.15) is 11.9 Å². The van der Waals surface area contributed by atoms with Crippen molar-refractivity contribution in [2.45, 2.75) is 25.3 Å². The van der Waals surface area contributed by atoms with Crippen molar-refractivity contribution in [3.8, 4) is 11.1 Å². The average Bonchev–Trinajstić information content (AvgIpc) is 3.07. The summed E-state index contributed by atoms with van der Waals surface area (Å²) in [6.07, 6.45) is 0.968. The van der Waals surface area contributed by atoms with Gasteiger partial charge in [-0.1, -0.05) is 42.5 Å². The molecule has 0 aromatic heterocycles. The largest absolute Gasteiger partial charge is 0.480 e. The Balaban J connectivity index is 1.90. The highest BCUT2D eigenvalue weighted by Gasteiger charge is 2.34. The van der Waals surface area contributed by atoms with Crippen LogP contribution in [0.3, 0.4) is 0 Å². The van der Waals surface area contributed by atoms with Crippen molar-refractivity contribution in [1.82, 2.24) is 4.90 Å². The van der Waals surface area contributed by atoms with Crippen molar-refractivity contribution in [2.75, 3.05) is 6.54 Å². The second-order valence-electron chi connectivity index (χ2n) is 5.89. The predicted molar refractivity (Wildman–Crippen MR) is 87.9 cm³/mol. The predicted octanol–water partition coefficient (Wildman–Crippen LogP) is 3.11. The van der Waals surface area contributed by atoms with E-state index in [-0.39, 0.29) is 12.3 Å². The van der Waals surface area contributed by atoms with Crippen LogP contribution in [-0.2, 0) is 16.0 Å². The molecule has 1 amide bonds. The molecule has 2 aromatic carbocycles. The fraction of sp³-hybridized carbons (Fsp3) is 0.263. The molecule has 0 radical (unpaired) electrons. The number of likely N-dealkylation sites (tertiary alicyclic amines) is 1. The van der Waals surface area contributed by atoms with Crippen LogP contribution < -0.4 is 0 Å². The van der Waals surface area contributed by atoms with Gasteiger partial charge in [0, 0.05) is 12.1 Å². The van der Waals surface area contributed by atoms with Crippen LogP contribution in [0.4, 0.5) is 4.39 Å². The second kappa shape index (κ2) is 6.83. The Labute approximate surface area is 139 Å². The summed E-state index contributed by atoms with van der Waals surface area (Å²) in [5, 5.41) is 9.22. The average molecular weight is 327 g/mol. The maximum absolute atomic E-state index is 14.4. The number of hydrogen-bond donors (Lipinski definition) is 1. The third-order valence-corrected chi connectivity index (χ3v) is 4.39. The Morgan fingerprint density at radius 2 is 1.88 bits per heavy atom. The zero-order valence-corrected chi connectivity index (χ0v) is 13.1. The van der Waals surface area contributed by atoms with E-state index in [9.17, 15) is 19.1 Å². The fourth-order valence-electron chi connectivity index (χ4n) is 3.20. The van der Waals surface area contributed by atoms with Crippen molar-refractivity contribution >= 4 is 11.9 Å². The van der Waals surface area contributed by atoms with Gasteiger partial charge in [-0.25, -0.2) is 9.18 Å². The third kappa shape index (κ3) is 3.15. The van der Waals surface area contributed by atoms with Crippen LogP contribution in [0.15, 0.2) is 48.5 Å². The maximum Gasteiger partial charge on any atom is 0.326 e. The standard InChI is InChI=1S/C19H18FNO3/c20-16-9-4-8-14(13-6-2-1-3-7-13)15(16)12-18(22)21-11-5-10-17(21)19(23)24/h1-4,6-9,17H,5,10-12H2,(H,23,24)/t17-/m1/s1. The first-order valence-electron chi connectivity index (χ1n) is 7.93. The molecule has 1 heterocycles. The van der Waals surface area contributed by atoms with Crippen molar-refractivity contribution < 1.29 is 19.1 Å². The Morgan fingerprint density at radius 1 is 1.12 bits per heavy atom. The summed E-state index contributed by atoms with van der Waals surface area (Å²) in [7, 11) is 0. The highest BCUT2D eigenvalue weighted by atomic mass is 19.1. The van der Waals surface area contributed by atoms with Gasteiger partial charge in [0.15, 0.2) is 0 Å². The molecule has 1 fully saturated rings. The maximum atomic E-state index is 14.4. The summed E-state index contributed by atoms with van der Waals surface area (Å²) in [4.78, 5) is 25.2. The van der Waals surface area contributed by atoms with Gasteiger partial charge in [0.25, 0.3) is 0 Å². The minimum atomic E-state index is -1.00. The zero-order chi connectivity index (χ0) is 17.1. The summed E-state index contributed by atoms with van der Waals surface area (Å²) >= 11 is 0. The minimum Gasteiger partial charge on any atom is -0.480 e. The normalized spacial score (nSPS) is 17.0. The Hall–Kier alpha value is -2.69. The summed E-state index contributed by atoms with van der Waals surface area (Å²) in [6.45, 7) is 0.408. The number of carboxylic acid groups (broad SMARTS) is 1. The molecular weight excluding hydrogens is 309 g/mol. The lowest BCUT2D eigenvalue weighted by Gasteiger charge is -2.22. The van der Waals surface area contributed by atoms with E-state index < -0.39 is 17.8 Å². The number of benzene rings is 2. The van der Waals surface area contributed by atoms with Crippen molar-refractivity contribution in [1.29, 1.82) is 0 Å². The van der Waals surface area contributed by atoms with Crippen LogP contribution >= 0.6 is 0 Å². The molecule has 0 spiro atoms. The minimum absolute atomic E-state index is 0.138. The third-order valence-electron chi connectivity index (χ3n) is 4.39. The number of carbonyl (C=O) groups is 2. The van der Waals surface area contributed by atoms with Crippen LogP contribution in [0.1, 0.15) is 18.4 Å². The molecule has 1 aliphatic rings. The topological polar surface area (TPSA) is 57.6 Å². The van der Waals surface area contributed by atoms with E-state index >= 15 is 0 Å². The molecule has 1 aliphatic heterocycles. The Bertz CT molecular complexity index is 760. The van der Waals surface area contributed by atoms with Gasteiger partial charge in [-0.15, -0.1) is 0 Å². The van der Waals surface area contributed by atoms with E-state index in [2.05, 4.69) is 0 Å². The summed E-state index contributed by atoms with van der Waals surface area (Å²) in [5.41, 5.74) is 1.80. The molecule has 0 bridgehead atoms. The van der Waals surface area contributed by atoms with E-state index in [1.807, 2.05) is 30.3 Å². The molecule has 4 nitrogen and oxygen atoms in total. The van der Waals surface area contributed by atoms with Crippen LogP contribution in [0.2, 0.25) is 0 Å². The Morgan fingerprint density at radius 3 is 2.58 bits per heavy atom. The number of aliphatic carboxylic acids is 1. The molecule has 5 heteroatoms. The van der Waals surface area contributed by atoms with Crippen LogP contribution in [0.25, 0.3) is 11.1 Å². The first kappa shape index (κ1) is 16.2. The highest BCUT2D eigenvalue weighted by molar-refractivity contribution is 5.87. The Kier molecular flexibility index (Phi) is 4.60. The quantitative estimate of drug-likeness (QED) is 0.939. The second-order valence-corrected chi connectivity index (χ2v) is 5.89. The zero-order valence-electron chi connectivity index (χ0n) is 13.1. The first-order valence-corrected chi connectivity index (χ1v) is 7.93. The number of halogens is 1. The van der Waals surface area contributed by atoms with E-state index in [1.54, 1.807) is 12.1 Å². The van der Waals surface area contributed by atoms with Crippen LogP contribution in [0.5, 0.6) is 0 Å². The smallest absolute Gasteiger partial charge is 0.326 e. The van der Waals surface area contributed by atoms with Gasteiger partial charge >= 0.3 is 5.97 Å². The lowest BCUT2D eigenvalue weighted by molar-refractivity contribution is -0.148. The molecule has 3 rings (SSSR count). The van der Waals surface area contributed by atoms with Gasteiger partial charge in [0.05, 0.1) is 6.42 Å². The van der Waals surface area contributed by atoms with E-state index in [1.165, 1.54) is 11.0 Å². The number of amides is 1. The number of carboxylic acids is 1. The molecule has 2 aromatic rings. The molecule has 0 aliphatic carbocycles. The fourth-order valence-corrected chi connectivity index (χ4v) is 3.20. The lowest BCUT2D eigenvalue weighted by Crippen LogP contribution is -2.41. The molecular formula is C19H18FNO3. The van der Waals surface area contributed by atoms with Crippen molar-refractivity contribution in [2.24, 2.45) is 0 Å². The van der Waals surface area contributed by atoms with Crippen LogP contribution in [0, 0.1) is 5.82 Å². The monoisotopic (exact) mass is 327 g/mol. The first-order chi connectivity index (χ1) is 11.6. The molecule has 0 saturated carbocycles. The molecule has 1 saturated heterocycles. The van der Waals surface area contributed by atoms with Crippen molar-refractivity contribution in [3.05, 3.63) is 59.9 Å². The molecule has 24 heavy (non-hydrogen) atoms. The molecule has 1 N–H and O–H groups in total. The van der Waals surface area contributed by atoms with E-state index in [4.69, 9.17) is 0 Å². The summed E-state index contributed by atoms with van der Waals surface area (Å²) < 4.78 is 14.4. The van der Waals surface area contributed by atoms with Crippen molar-refractivity contribution in [3.63, 3.8) is 0 Å². The van der Waals surface area contributed by atoms with E-state index in [0.29, 0.717) is 30.5 Å². The summed E-state index contributed by atoms with van der Waals surface area (Å²) in [5.74, 6) is -1.80. The van der Waals surface area contributed by atoms with Crippen LogP contribution in [-0.4, -0.2) is 34.5 Å². The van der Waals surface area contributed by atoms with Gasteiger partial charge < -0.3 is 10.0 Å². The molecule has 124 valence electrons. The molecule has 1 atom stereocenters.